The first-order valence-electron chi connectivity index (χ1n) is 7.91. The first kappa shape index (κ1) is 17.5. The van der Waals surface area contributed by atoms with E-state index < -0.39 is 5.91 Å². The zero-order valence-electron chi connectivity index (χ0n) is 14.0. The van der Waals surface area contributed by atoms with Crippen molar-refractivity contribution in [2.24, 2.45) is 5.73 Å². The summed E-state index contributed by atoms with van der Waals surface area (Å²) in [6.07, 6.45) is 2.45. The molecule has 0 radical (unpaired) electrons. The Morgan fingerprint density at radius 2 is 1.71 bits per heavy atom. The molecule has 0 saturated heterocycles. The van der Waals surface area contributed by atoms with Crippen LogP contribution in [0.4, 0.5) is 0 Å². The van der Waals surface area contributed by atoms with Crippen LogP contribution in [0.2, 0.25) is 0 Å². The van der Waals surface area contributed by atoms with Crippen molar-refractivity contribution in [1.29, 1.82) is 0 Å². The predicted molar refractivity (Wildman–Crippen MR) is 96.1 cm³/mol. The molecule has 0 saturated carbocycles. The highest BCUT2D eigenvalue weighted by Crippen LogP contribution is 2.18. The Morgan fingerprint density at radius 3 is 2.33 bits per heavy atom. The molecule has 0 aromatic heterocycles. The number of amides is 2. The molecule has 2 N–H and O–H groups in total. The largest absolute Gasteiger partial charge is 0.366 e. The number of nitrogens with zero attached hydrogens (tertiary/aromatic N) is 1. The molecule has 0 aliphatic carbocycles. The SMILES string of the molecule is CC/C(=C/C(=O)N(C)Cc1cccc(C(N)=O)c1)c1ccccc1. The zero-order chi connectivity index (χ0) is 17.5. The third-order valence-corrected chi connectivity index (χ3v) is 3.83. The van der Waals surface area contributed by atoms with Gasteiger partial charge in [-0.25, -0.2) is 0 Å². The number of carbonyl (C=O) groups is 2. The van der Waals surface area contributed by atoms with Gasteiger partial charge < -0.3 is 10.6 Å². The smallest absolute Gasteiger partial charge is 0.248 e. The second kappa shape index (κ2) is 8.11. The van der Waals surface area contributed by atoms with Crippen LogP contribution in [0.3, 0.4) is 0 Å². The van der Waals surface area contributed by atoms with Gasteiger partial charge in [0.25, 0.3) is 0 Å². The summed E-state index contributed by atoms with van der Waals surface area (Å²) < 4.78 is 0. The number of benzene rings is 2. The monoisotopic (exact) mass is 322 g/mol. The van der Waals surface area contributed by atoms with E-state index in [1.165, 1.54) is 0 Å². The second-order valence-electron chi connectivity index (χ2n) is 5.65. The van der Waals surface area contributed by atoms with Crippen molar-refractivity contribution in [1.82, 2.24) is 4.90 Å². The van der Waals surface area contributed by atoms with E-state index in [0.29, 0.717) is 12.1 Å². The van der Waals surface area contributed by atoms with Crippen LogP contribution in [0.25, 0.3) is 5.57 Å². The normalized spacial score (nSPS) is 11.2. The molecule has 24 heavy (non-hydrogen) atoms. The lowest BCUT2D eigenvalue weighted by Gasteiger charge is -2.16. The molecule has 0 bridgehead atoms. The minimum atomic E-state index is -0.469. The number of primary amides is 1. The van der Waals surface area contributed by atoms with Crippen LogP contribution in [-0.2, 0) is 11.3 Å². The lowest BCUT2D eigenvalue weighted by atomic mass is 10.0. The molecule has 0 aliphatic heterocycles. The average Bonchev–Trinajstić information content (AvgIpc) is 2.60. The lowest BCUT2D eigenvalue weighted by Crippen LogP contribution is -2.24. The molecule has 0 spiro atoms. The Labute approximate surface area is 142 Å². The molecule has 4 nitrogen and oxygen atoms in total. The van der Waals surface area contributed by atoms with Gasteiger partial charge in [-0.1, -0.05) is 49.4 Å². The van der Waals surface area contributed by atoms with E-state index in [9.17, 15) is 9.59 Å². The summed E-state index contributed by atoms with van der Waals surface area (Å²) in [5, 5.41) is 0. The van der Waals surface area contributed by atoms with Crippen LogP contribution in [0.15, 0.2) is 60.7 Å². The Balaban J connectivity index is 2.13. The average molecular weight is 322 g/mol. The van der Waals surface area contributed by atoms with Crippen LogP contribution < -0.4 is 5.73 Å². The van der Waals surface area contributed by atoms with Crippen molar-refractivity contribution < 1.29 is 9.59 Å². The highest BCUT2D eigenvalue weighted by molar-refractivity contribution is 5.95. The van der Waals surface area contributed by atoms with Gasteiger partial charge in [0.2, 0.25) is 11.8 Å². The number of nitrogens with two attached hydrogens (primary N) is 1. The van der Waals surface area contributed by atoms with Crippen LogP contribution in [0, 0.1) is 0 Å². The third-order valence-electron chi connectivity index (χ3n) is 3.83. The first-order chi connectivity index (χ1) is 11.5. The number of likely N-dealkylation sites (N-methyl/N-ethyl adjacent to an activating group) is 1. The molecule has 2 aromatic rings. The summed E-state index contributed by atoms with van der Waals surface area (Å²) >= 11 is 0. The molecule has 124 valence electrons. The quantitative estimate of drug-likeness (QED) is 0.830. The fourth-order valence-electron chi connectivity index (χ4n) is 2.48. The maximum Gasteiger partial charge on any atom is 0.248 e. The maximum atomic E-state index is 12.5. The van der Waals surface area contributed by atoms with Crippen molar-refractivity contribution in [2.75, 3.05) is 7.05 Å². The Morgan fingerprint density at radius 1 is 1.04 bits per heavy atom. The number of rotatable bonds is 6. The summed E-state index contributed by atoms with van der Waals surface area (Å²) in [5.41, 5.74) is 8.66. The van der Waals surface area contributed by atoms with E-state index >= 15 is 0 Å². The van der Waals surface area contributed by atoms with Crippen molar-refractivity contribution in [3.63, 3.8) is 0 Å². The zero-order valence-corrected chi connectivity index (χ0v) is 14.0. The molecule has 0 fully saturated rings. The van der Waals surface area contributed by atoms with E-state index in [1.807, 2.05) is 43.3 Å². The number of hydrogen-bond donors (Lipinski definition) is 1. The fourth-order valence-corrected chi connectivity index (χ4v) is 2.48. The van der Waals surface area contributed by atoms with Crippen molar-refractivity contribution >= 4 is 17.4 Å². The van der Waals surface area contributed by atoms with E-state index in [-0.39, 0.29) is 5.91 Å². The molecule has 0 atom stereocenters. The number of allylic oxidation sites excluding steroid dienone is 1. The Hall–Kier alpha value is -2.88. The summed E-state index contributed by atoms with van der Waals surface area (Å²) in [4.78, 5) is 25.3. The number of carbonyl (C=O) groups excluding carboxylic acids is 2. The van der Waals surface area contributed by atoms with Crippen molar-refractivity contribution in [3.8, 4) is 0 Å². The minimum Gasteiger partial charge on any atom is -0.366 e. The van der Waals surface area contributed by atoms with Gasteiger partial charge in [-0.15, -0.1) is 0 Å². The Bertz CT molecular complexity index is 751. The van der Waals surface area contributed by atoms with Crippen LogP contribution in [0.1, 0.15) is 34.8 Å². The standard InChI is InChI=1S/C20H22N2O2/c1-3-16(17-9-5-4-6-10-17)13-19(23)22(2)14-15-8-7-11-18(12-15)20(21)24/h4-13H,3,14H2,1-2H3,(H2,21,24)/b16-13-. The second-order valence-corrected chi connectivity index (χ2v) is 5.65. The van der Waals surface area contributed by atoms with Gasteiger partial charge in [-0.2, -0.15) is 0 Å². The predicted octanol–water partition coefficient (Wildman–Crippen LogP) is 3.24. The van der Waals surface area contributed by atoms with Gasteiger partial charge in [0, 0.05) is 25.2 Å². The lowest BCUT2D eigenvalue weighted by molar-refractivity contribution is -0.125. The molecule has 0 heterocycles. The molecule has 4 heteroatoms. The molecule has 0 unspecified atom stereocenters. The van der Waals surface area contributed by atoms with Crippen LogP contribution in [0.5, 0.6) is 0 Å². The number of hydrogen-bond acceptors (Lipinski definition) is 2. The van der Waals surface area contributed by atoms with Gasteiger partial charge in [-0.05, 0) is 35.3 Å². The first-order valence-corrected chi connectivity index (χ1v) is 7.91. The van der Waals surface area contributed by atoms with Gasteiger partial charge >= 0.3 is 0 Å². The van der Waals surface area contributed by atoms with Crippen LogP contribution >= 0.6 is 0 Å². The van der Waals surface area contributed by atoms with Gasteiger partial charge in [-0.3, -0.25) is 9.59 Å². The highest BCUT2D eigenvalue weighted by Gasteiger charge is 2.10. The van der Waals surface area contributed by atoms with Crippen molar-refractivity contribution in [3.05, 3.63) is 77.4 Å². The molecule has 2 aromatic carbocycles. The van der Waals surface area contributed by atoms with Gasteiger partial charge in [0.05, 0.1) is 0 Å². The van der Waals surface area contributed by atoms with Gasteiger partial charge in [0.15, 0.2) is 0 Å². The van der Waals surface area contributed by atoms with E-state index in [2.05, 4.69) is 0 Å². The molecule has 0 aliphatic rings. The maximum absolute atomic E-state index is 12.5. The molecule has 2 amide bonds. The van der Waals surface area contributed by atoms with Gasteiger partial charge in [0.1, 0.15) is 0 Å². The molecule has 2 rings (SSSR count). The Kier molecular flexibility index (Phi) is 5.90. The summed E-state index contributed by atoms with van der Waals surface area (Å²) in [6.45, 7) is 2.45. The minimum absolute atomic E-state index is 0.0693. The third kappa shape index (κ3) is 4.56. The van der Waals surface area contributed by atoms with Crippen molar-refractivity contribution in [2.45, 2.75) is 19.9 Å². The summed E-state index contributed by atoms with van der Waals surface area (Å²) in [7, 11) is 1.74. The van der Waals surface area contributed by atoms with E-state index in [0.717, 1.165) is 23.1 Å². The van der Waals surface area contributed by atoms with E-state index in [1.54, 1.807) is 36.2 Å². The fraction of sp³-hybridized carbons (Fsp3) is 0.200. The summed E-state index contributed by atoms with van der Waals surface area (Å²) in [5.74, 6) is -0.539. The topological polar surface area (TPSA) is 63.4 Å². The molecular formula is C20H22N2O2. The van der Waals surface area contributed by atoms with E-state index in [4.69, 9.17) is 5.73 Å². The molecular weight excluding hydrogens is 300 g/mol. The summed E-state index contributed by atoms with van der Waals surface area (Å²) in [6, 6.07) is 16.9. The van der Waals surface area contributed by atoms with Crippen LogP contribution in [-0.4, -0.2) is 23.8 Å². The highest BCUT2D eigenvalue weighted by atomic mass is 16.2.